The third-order valence-corrected chi connectivity index (χ3v) is 7.86. The van der Waals surface area contributed by atoms with Crippen LogP contribution < -0.4 is 19.7 Å². The third kappa shape index (κ3) is 8.98. The molecule has 4 rings (SSSR count). The summed E-state index contributed by atoms with van der Waals surface area (Å²) in [6, 6.07) is 16.8. The summed E-state index contributed by atoms with van der Waals surface area (Å²) in [5.74, 6) is 0.277. The number of nitrogens with one attached hydrogen (secondary N) is 1. The maximum atomic E-state index is 13.6. The van der Waals surface area contributed by atoms with Gasteiger partial charge >= 0.3 is 0 Å². The smallest absolute Gasteiger partial charge is 0.259 e. The lowest BCUT2D eigenvalue weighted by Gasteiger charge is -2.32. The van der Waals surface area contributed by atoms with Crippen LogP contribution in [0.4, 0.5) is 11.4 Å². The summed E-state index contributed by atoms with van der Waals surface area (Å²) in [6.45, 7) is 8.03. The average molecular weight is 617 g/mol. The molecule has 0 aliphatic carbocycles. The van der Waals surface area contributed by atoms with E-state index in [1.54, 1.807) is 37.4 Å². The highest BCUT2D eigenvalue weighted by molar-refractivity contribution is 6.09. The molecule has 10 heteroatoms. The topological polar surface area (TPSA) is 112 Å². The van der Waals surface area contributed by atoms with Crippen molar-refractivity contribution < 1.29 is 29.0 Å². The van der Waals surface area contributed by atoms with Gasteiger partial charge in [0.05, 0.1) is 30.2 Å². The molecule has 0 radical (unpaired) electrons. The van der Waals surface area contributed by atoms with E-state index in [-0.39, 0.29) is 23.1 Å². The van der Waals surface area contributed by atoms with Crippen LogP contribution in [0.2, 0.25) is 0 Å². The average Bonchev–Trinajstić information content (AvgIpc) is 3.03. The van der Waals surface area contributed by atoms with Crippen LogP contribution in [0.1, 0.15) is 58.9 Å². The minimum Gasteiger partial charge on any atom is -0.507 e. The number of nitrogens with zero attached hydrogens (tertiary/aromatic N) is 3. The molecule has 0 spiro atoms. The van der Waals surface area contributed by atoms with E-state index < -0.39 is 5.91 Å². The molecular weight excluding hydrogens is 572 g/mol. The Morgan fingerprint density at radius 2 is 1.67 bits per heavy atom. The second kappa shape index (κ2) is 15.9. The van der Waals surface area contributed by atoms with E-state index in [1.807, 2.05) is 36.9 Å². The van der Waals surface area contributed by atoms with E-state index >= 15 is 0 Å². The Morgan fingerprint density at radius 1 is 0.911 bits per heavy atom. The second-order valence-corrected chi connectivity index (χ2v) is 11.3. The number of phenols is 1. The standard InChI is InChI=1S/C35H44N4O6/c1-5-44-31-24-26(15-16-28(31)36-34(42)27-11-8-9-12-30(27)40)35(43)38(4)29-17-14-25(2)23-32(29)45-22-10-6-7-13-33(41)39-20-18-37(3)19-21-39/h8-9,11-12,14-17,23-24,40H,5-7,10,13,18-22H2,1-4H3,(H,36,42). The van der Waals surface area contributed by atoms with Gasteiger partial charge < -0.3 is 34.6 Å². The Hall–Kier alpha value is -4.57. The molecule has 1 fully saturated rings. The zero-order valence-electron chi connectivity index (χ0n) is 26.7. The third-order valence-electron chi connectivity index (χ3n) is 7.86. The predicted octanol–water partition coefficient (Wildman–Crippen LogP) is 5.34. The van der Waals surface area contributed by atoms with Gasteiger partial charge in [-0.2, -0.15) is 0 Å². The van der Waals surface area contributed by atoms with Crippen molar-refractivity contribution in [1.29, 1.82) is 0 Å². The molecule has 3 amide bonds. The molecule has 0 unspecified atom stereocenters. The number of piperazine rings is 1. The fraction of sp³-hybridized carbons (Fsp3) is 0.400. The molecule has 0 aromatic heterocycles. The van der Waals surface area contributed by atoms with E-state index in [2.05, 4.69) is 17.3 Å². The number of ether oxygens (including phenoxy) is 2. The molecule has 0 saturated carbocycles. The summed E-state index contributed by atoms with van der Waals surface area (Å²) in [7, 11) is 3.77. The van der Waals surface area contributed by atoms with Crippen LogP contribution >= 0.6 is 0 Å². The summed E-state index contributed by atoms with van der Waals surface area (Å²) in [4.78, 5) is 44.6. The van der Waals surface area contributed by atoms with Gasteiger partial charge in [-0.1, -0.05) is 18.2 Å². The number of hydrogen-bond acceptors (Lipinski definition) is 7. The van der Waals surface area contributed by atoms with Crippen molar-refractivity contribution in [3.63, 3.8) is 0 Å². The fourth-order valence-electron chi connectivity index (χ4n) is 5.16. The molecule has 1 saturated heterocycles. The number of hydrogen-bond donors (Lipinski definition) is 2. The first-order valence-corrected chi connectivity index (χ1v) is 15.5. The molecule has 10 nitrogen and oxygen atoms in total. The zero-order valence-corrected chi connectivity index (χ0v) is 26.7. The Morgan fingerprint density at radius 3 is 2.40 bits per heavy atom. The molecule has 2 N–H and O–H groups in total. The Balaban J connectivity index is 1.36. The number of carbonyl (C=O) groups is 3. The molecule has 3 aromatic rings. The number of aryl methyl sites for hydroxylation is 1. The number of rotatable bonds is 13. The van der Waals surface area contributed by atoms with Gasteiger partial charge in [-0.25, -0.2) is 0 Å². The molecule has 1 heterocycles. The van der Waals surface area contributed by atoms with Crippen LogP contribution in [-0.4, -0.2) is 86.1 Å². The maximum Gasteiger partial charge on any atom is 0.259 e. The SMILES string of the molecule is CCOc1cc(C(=O)N(C)c2ccc(C)cc2OCCCCCC(=O)N2CCN(C)CC2)ccc1NC(=O)c1ccccc1O. The minimum atomic E-state index is -0.492. The lowest BCUT2D eigenvalue weighted by molar-refractivity contribution is -0.132. The summed E-state index contributed by atoms with van der Waals surface area (Å²) in [5.41, 5.74) is 2.53. The van der Waals surface area contributed by atoms with Gasteiger partial charge in [-0.15, -0.1) is 0 Å². The van der Waals surface area contributed by atoms with Gasteiger partial charge in [0.15, 0.2) is 0 Å². The van der Waals surface area contributed by atoms with Crippen molar-refractivity contribution in [3.8, 4) is 17.2 Å². The molecule has 45 heavy (non-hydrogen) atoms. The Kier molecular flexibility index (Phi) is 11.8. The van der Waals surface area contributed by atoms with E-state index in [9.17, 15) is 19.5 Å². The molecular formula is C35H44N4O6. The summed E-state index contributed by atoms with van der Waals surface area (Å²) in [5, 5.41) is 12.8. The number of para-hydroxylation sites is 1. The summed E-state index contributed by atoms with van der Waals surface area (Å²) >= 11 is 0. The molecule has 3 aromatic carbocycles. The first kappa shape index (κ1) is 33.3. The first-order valence-electron chi connectivity index (χ1n) is 15.5. The number of unbranched alkanes of at least 4 members (excludes halogenated alkanes) is 2. The second-order valence-electron chi connectivity index (χ2n) is 11.3. The van der Waals surface area contributed by atoms with Crippen molar-refractivity contribution in [2.24, 2.45) is 0 Å². The number of carbonyl (C=O) groups excluding carboxylic acids is 3. The number of benzene rings is 3. The van der Waals surface area contributed by atoms with E-state index in [0.29, 0.717) is 48.1 Å². The maximum absolute atomic E-state index is 13.6. The first-order chi connectivity index (χ1) is 21.7. The van der Waals surface area contributed by atoms with Gasteiger partial charge in [0.25, 0.3) is 11.8 Å². The minimum absolute atomic E-state index is 0.130. The molecule has 240 valence electrons. The van der Waals surface area contributed by atoms with Gasteiger partial charge in [-0.3, -0.25) is 14.4 Å². The van der Waals surface area contributed by atoms with E-state index in [4.69, 9.17) is 9.47 Å². The highest BCUT2D eigenvalue weighted by atomic mass is 16.5. The quantitative estimate of drug-likeness (QED) is 0.249. The number of aromatic hydroxyl groups is 1. The number of anilines is 2. The van der Waals surface area contributed by atoms with Crippen LogP contribution in [0.15, 0.2) is 60.7 Å². The van der Waals surface area contributed by atoms with Gasteiger partial charge in [0, 0.05) is 45.2 Å². The molecule has 1 aliphatic rings. The summed E-state index contributed by atoms with van der Waals surface area (Å²) in [6.07, 6.45) is 3.05. The number of phenolic OH excluding ortho intramolecular Hbond substituents is 1. The van der Waals surface area contributed by atoms with Crippen molar-refractivity contribution >= 4 is 29.1 Å². The van der Waals surface area contributed by atoms with Crippen molar-refractivity contribution in [3.05, 3.63) is 77.4 Å². The van der Waals surface area contributed by atoms with Crippen LogP contribution in [0.3, 0.4) is 0 Å². The highest BCUT2D eigenvalue weighted by Gasteiger charge is 2.21. The lowest BCUT2D eigenvalue weighted by Crippen LogP contribution is -2.47. The number of amides is 3. The van der Waals surface area contributed by atoms with Crippen molar-refractivity contribution in [2.45, 2.75) is 39.5 Å². The Labute approximate surface area is 265 Å². The van der Waals surface area contributed by atoms with Gasteiger partial charge in [0.2, 0.25) is 5.91 Å². The fourth-order valence-corrected chi connectivity index (χ4v) is 5.16. The van der Waals surface area contributed by atoms with E-state index in [0.717, 1.165) is 51.0 Å². The van der Waals surface area contributed by atoms with Crippen LogP contribution in [-0.2, 0) is 4.79 Å². The number of likely N-dealkylation sites (N-methyl/N-ethyl adjacent to an activating group) is 1. The Bertz CT molecular complexity index is 1480. The van der Waals surface area contributed by atoms with Gasteiger partial charge in [-0.05, 0) is 88.2 Å². The highest BCUT2D eigenvalue weighted by Crippen LogP contribution is 2.32. The van der Waals surface area contributed by atoms with Gasteiger partial charge in [0.1, 0.15) is 17.2 Å². The predicted molar refractivity (Wildman–Crippen MR) is 176 cm³/mol. The normalized spacial score (nSPS) is 13.3. The molecule has 0 bridgehead atoms. The monoisotopic (exact) mass is 616 g/mol. The van der Waals surface area contributed by atoms with Crippen LogP contribution in [0.25, 0.3) is 0 Å². The van der Waals surface area contributed by atoms with Crippen molar-refractivity contribution in [1.82, 2.24) is 9.80 Å². The summed E-state index contributed by atoms with van der Waals surface area (Å²) < 4.78 is 11.9. The van der Waals surface area contributed by atoms with Crippen LogP contribution in [0, 0.1) is 6.92 Å². The zero-order chi connectivity index (χ0) is 32.3. The molecule has 1 aliphatic heterocycles. The largest absolute Gasteiger partial charge is 0.507 e. The van der Waals surface area contributed by atoms with Crippen LogP contribution in [0.5, 0.6) is 17.2 Å². The van der Waals surface area contributed by atoms with E-state index in [1.165, 1.54) is 17.0 Å². The molecule has 0 atom stereocenters. The lowest BCUT2D eigenvalue weighted by atomic mass is 10.1. The van der Waals surface area contributed by atoms with Crippen molar-refractivity contribution in [2.75, 3.05) is 63.7 Å².